The first-order valence-electron chi connectivity index (χ1n) is 10.9. The normalized spacial score (nSPS) is 11.4. The molecule has 0 spiro atoms. The number of carbonyl (C=O) groups excluding carboxylic acids is 1. The Balaban J connectivity index is 1.89. The smallest absolute Gasteiger partial charge is 0.200 e. The predicted octanol–water partition coefficient (Wildman–Crippen LogP) is 6.01. The van der Waals surface area contributed by atoms with E-state index in [0.717, 1.165) is 38.1 Å². The Bertz CT molecular complexity index is 1040. The quantitative estimate of drug-likeness (QED) is 0.350. The number of carbonyl (C=O) groups is 1. The Morgan fingerprint density at radius 2 is 1.81 bits per heavy atom. The van der Waals surface area contributed by atoms with E-state index >= 15 is 0 Å². The van der Waals surface area contributed by atoms with Crippen molar-refractivity contribution in [3.05, 3.63) is 64.9 Å². The zero-order valence-electron chi connectivity index (χ0n) is 18.3. The van der Waals surface area contributed by atoms with E-state index in [1.165, 1.54) is 0 Å². The van der Waals surface area contributed by atoms with Crippen LogP contribution < -0.4 is 4.74 Å². The van der Waals surface area contributed by atoms with Crippen molar-refractivity contribution in [3.63, 3.8) is 0 Å². The Labute approximate surface area is 181 Å². The van der Waals surface area contributed by atoms with Crippen LogP contribution in [-0.2, 0) is 6.42 Å². The first-order chi connectivity index (χ1) is 15.0. The van der Waals surface area contributed by atoms with Gasteiger partial charge in [0, 0.05) is 24.4 Å². The van der Waals surface area contributed by atoms with E-state index in [1.807, 2.05) is 26.8 Å². The van der Waals surface area contributed by atoms with Gasteiger partial charge in [0.15, 0.2) is 17.3 Å². The molecule has 0 saturated carbocycles. The van der Waals surface area contributed by atoms with Crippen LogP contribution in [0.25, 0.3) is 11.0 Å². The zero-order valence-corrected chi connectivity index (χ0v) is 18.3. The number of hydrogen-bond acceptors (Lipinski definition) is 4. The summed E-state index contributed by atoms with van der Waals surface area (Å²) in [4.78, 5) is 15.4. The number of aryl methyl sites for hydroxylation is 1. The maximum Gasteiger partial charge on any atom is 0.200 e. The highest BCUT2D eigenvalue weighted by Crippen LogP contribution is 2.31. The molecule has 0 unspecified atom stereocenters. The second-order valence-electron chi connectivity index (χ2n) is 7.47. The van der Waals surface area contributed by atoms with Crippen molar-refractivity contribution >= 4 is 16.8 Å². The highest BCUT2D eigenvalue weighted by atomic mass is 19.1. The van der Waals surface area contributed by atoms with Crippen LogP contribution in [0.3, 0.4) is 0 Å². The second kappa shape index (κ2) is 10.5. The summed E-state index contributed by atoms with van der Waals surface area (Å²) in [6.45, 7) is 8.64. The fourth-order valence-electron chi connectivity index (χ4n) is 3.63. The van der Waals surface area contributed by atoms with Gasteiger partial charge in [-0.3, -0.25) is 4.79 Å². The molecule has 4 nitrogen and oxygen atoms in total. The third-order valence-corrected chi connectivity index (χ3v) is 5.48. The van der Waals surface area contributed by atoms with Gasteiger partial charge in [-0.2, -0.15) is 0 Å². The predicted molar refractivity (Wildman–Crippen MR) is 118 cm³/mol. The summed E-state index contributed by atoms with van der Waals surface area (Å²) >= 11 is 0. The van der Waals surface area contributed by atoms with E-state index in [4.69, 9.17) is 9.15 Å². The van der Waals surface area contributed by atoms with Crippen molar-refractivity contribution in [2.24, 2.45) is 0 Å². The van der Waals surface area contributed by atoms with Crippen molar-refractivity contribution in [1.29, 1.82) is 0 Å². The zero-order chi connectivity index (χ0) is 22.4. The fraction of sp³-hybridized carbons (Fsp3) is 0.400. The molecule has 31 heavy (non-hydrogen) atoms. The van der Waals surface area contributed by atoms with Crippen LogP contribution in [0.2, 0.25) is 0 Å². The van der Waals surface area contributed by atoms with Crippen LogP contribution in [0.1, 0.15) is 55.3 Å². The van der Waals surface area contributed by atoms with Gasteiger partial charge in [0.2, 0.25) is 0 Å². The molecule has 6 heteroatoms. The minimum absolute atomic E-state index is 0.190. The van der Waals surface area contributed by atoms with E-state index in [-0.39, 0.29) is 17.9 Å². The van der Waals surface area contributed by atoms with Gasteiger partial charge in [-0.15, -0.1) is 0 Å². The van der Waals surface area contributed by atoms with Crippen molar-refractivity contribution in [2.75, 3.05) is 26.2 Å². The number of likely N-dealkylation sites (N-methyl/N-ethyl adjacent to an activating group) is 1. The fourth-order valence-corrected chi connectivity index (χ4v) is 3.63. The van der Waals surface area contributed by atoms with Gasteiger partial charge in [0.1, 0.15) is 23.8 Å². The molecular formula is C25H29F2NO3. The van der Waals surface area contributed by atoms with Gasteiger partial charge < -0.3 is 14.1 Å². The lowest BCUT2D eigenvalue weighted by atomic mass is 9.97. The number of rotatable bonds is 11. The minimum atomic E-state index is -0.809. The van der Waals surface area contributed by atoms with Crippen LogP contribution in [0.15, 0.2) is 40.8 Å². The van der Waals surface area contributed by atoms with Crippen molar-refractivity contribution in [2.45, 2.75) is 40.0 Å². The Hall–Kier alpha value is -2.73. The molecule has 3 rings (SSSR count). The lowest BCUT2D eigenvalue weighted by molar-refractivity contribution is 0.103. The van der Waals surface area contributed by atoms with E-state index < -0.39 is 17.4 Å². The van der Waals surface area contributed by atoms with E-state index in [9.17, 15) is 13.6 Å². The Morgan fingerprint density at radius 3 is 2.52 bits per heavy atom. The monoisotopic (exact) mass is 429 g/mol. The molecule has 0 aliphatic carbocycles. The molecule has 0 bridgehead atoms. The number of nitrogens with zero attached hydrogens (tertiary/aromatic N) is 1. The number of para-hydroxylation sites is 1. The Kier molecular flexibility index (Phi) is 7.80. The molecule has 0 aliphatic heterocycles. The average molecular weight is 430 g/mol. The number of ether oxygens (including phenoxy) is 1. The third-order valence-electron chi connectivity index (χ3n) is 5.48. The molecule has 1 aromatic heterocycles. The van der Waals surface area contributed by atoms with E-state index in [0.29, 0.717) is 35.3 Å². The highest BCUT2D eigenvalue weighted by Gasteiger charge is 2.25. The third kappa shape index (κ3) is 5.13. The molecule has 1 heterocycles. The number of furan rings is 1. The Morgan fingerprint density at radius 1 is 1.06 bits per heavy atom. The lowest BCUT2D eigenvalue weighted by Gasteiger charge is -2.18. The van der Waals surface area contributed by atoms with Gasteiger partial charge in [0.05, 0.1) is 11.1 Å². The largest absolute Gasteiger partial charge is 0.489 e. The van der Waals surface area contributed by atoms with E-state index in [2.05, 4.69) is 4.90 Å². The number of unbranched alkanes of at least 4 members (excludes halogenated alkanes) is 1. The molecular weight excluding hydrogens is 400 g/mol. The van der Waals surface area contributed by atoms with Crippen molar-refractivity contribution < 1.29 is 22.7 Å². The summed E-state index contributed by atoms with van der Waals surface area (Å²) < 4.78 is 40.8. The minimum Gasteiger partial charge on any atom is -0.489 e. The molecule has 0 amide bonds. The number of fused-ring (bicyclic) bond motifs is 1. The van der Waals surface area contributed by atoms with Gasteiger partial charge >= 0.3 is 0 Å². The molecule has 0 radical (unpaired) electrons. The average Bonchev–Trinajstić information content (AvgIpc) is 3.15. The summed E-state index contributed by atoms with van der Waals surface area (Å²) in [5, 5.41) is 0.609. The maximum atomic E-state index is 14.9. The summed E-state index contributed by atoms with van der Waals surface area (Å²) in [5.74, 6) is -1.83. The summed E-state index contributed by atoms with van der Waals surface area (Å²) in [7, 11) is 0. The van der Waals surface area contributed by atoms with Crippen LogP contribution in [0.4, 0.5) is 8.78 Å². The van der Waals surface area contributed by atoms with Gasteiger partial charge in [-0.05, 0) is 31.6 Å². The summed E-state index contributed by atoms with van der Waals surface area (Å²) in [6, 6.07) is 9.02. The first kappa shape index (κ1) is 22.9. The van der Waals surface area contributed by atoms with Gasteiger partial charge in [-0.25, -0.2) is 8.78 Å². The van der Waals surface area contributed by atoms with Crippen LogP contribution >= 0.6 is 0 Å². The maximum absolute atomic E-state index is 14.9. The SMILES string of the molecule is CCCCc1oc2ccccc2c1C(=O)c1cc(F)c(OCCN(CC)CC)cc1F. The molecule has 0 aliphatic rings. The highest BCUT2D eigenvalue weighted by molar-refractivity contribution is 6.17. The molecule has 3 aromatic rings. The summed E-state index contributed by atoms with van der Waals surface area (Å²) in [6.07, 6.45) is 2.31. The topological polar surface area (TPSA) is 42.7 Å². The van der Waals surface area contributed by atoms with Gasteiger partial charge in [0.25, 0.3) is 0 Å². The van der Waals surface area contributed by atoms with Gasteiger partial charge in [-0.1, -0.05) is 45.4 Å². The van der Waals surface area contributed by atoms with Crippen LogP contribution in [-0.4, -0.2) is 36.9 Å². The number of benzene rings is 2. The molecule has 2 aromatic carbocycles. The first-order valence-corrected chi connectivity index (χ1v) is 10.9. The molecule has 0 N–H and O–H groups in total. The molecule has 0 saturated heterocycles. The molecule has 0 fully saturated rings. The van der Waals surface area contributed by atoms with Crippen LogP contribution in [0.5, 0.6) is 5.75 Å². The van der Waals surface area contributed by atoms with Crippen molar-refractivity contribution in [1.82, 2.24) is 4.90 Å². The lowest BCUT2D eigenvalue weighted by Crippen LogP contribution is -2.28. The standard InChI is InChI=1S/C25H29F2NO3/c1-4-7-11-22-24(17-10-8-9-12-21(17)31-22)25(29)18-15-20(27)23(16-19(18)26)30-14-13-28(5-2)6-3/h8-10,12,15-16H,4-7,11,13-14H2,1-3H3. The number of ketones is 1. The summed E-state index contributed by atoms with van der Waals surface area (Å²) in [5.41, 5.74) is 0.546. The van der Waals surface area contributed by atoms with Crippen molar-refractivity contribution in [3.8, 4) is 5.75 Å². The molecule has 0 atom stereocenters. The number of hydrogen-bond donors (Lipinski definition) is 0. The van der Waals surface area contributed by atoms with Crippen LogP contribution in [0, 0.1) is 11.6 Å². The molecule has 166 valence electrons. The number of halogens is 2. The van der Waals surface area contributed by atoms with E-state index in [1.54, 1.807) is 18.2 Å². The second-order valence-corrected chi connectivity index (χ2v) is 7.47.